The van der Waals surface area contributed by atoms with Crippen molar-refractivity contribution >= 4 is 11.6 Å². The third-order valence-corrected chi connectivity index (χ3v) is 3.88. The number of nitrogens with zero attached hydrogens (tertiary/aromatic N) is 2. The first-order chi connectivity index (χ1) is 9.10. The summed E-state index contributed by atoms with van der Waals surface area (Å²) in [5.41, 5.74) is 7.05. The van der Waals surface area contributed by atoms with E-state index in [0.29, 0.717) is 17.3 Å². The second-order valence-corrected chi connectivity index (χ2v) is 5.40. The fourth-order valence-corrected chi connectivity index (χ4v) is 2.58. The number of carbonyl (C=O) groups is 1. The number of hydrogen-bond acceptors (Lipinski definition) is 3. The van der Waals surface area contributed by atoms with Gasteiger partial charge in [0, 0.05) is 19.3 Å². The monoisotopic (exact) mass is 264 g/mol. The Morgan fingerprint density at radius 3 is 2.79 bits per heavy atom. The third kappa shape index (κ3) is 3.50. The van der Waals surface area contributed by atoms with Crippen molar-refractivity contribution < 1.29 is 4.79 Å². The average Bonchev–Trinajstić information content (AvgIpc) is 2.79. The number of likely N-dealkylation sites (tertiary alicyclic amines) is 1. The normalized spacial score (nSPS) is 17.6. The number of anilines is 1. The molecule has 1 aliphatic rings. The molecule has 1 amide bonds. The van der Waals surface area contributed by atoms with Crippen LogP contribution in [0.25, 0.3) is 0 Å². The molecule has 1 aromatic rings. The Labute approximate surface area is 114 Å². The van der Waals surface area contributed by atoms with Crippen molar-refractivity contribution in [2.24, 2.45) is 5.92 Å². The Bertz CT molecular complexity index is 433. The maximum atomic E-state index is 12.1. The average molecular weight is 264 g/mol. The maximum Gasteiger partial charge on any atom is 0.267 e. The molecular formula is C14H24N4O. The Hall–Kier alpha value is -1.49. The first-order valence-corrected chi connectivity index (χ1v) is 7.02. The molecule has 0 radical (unpaired) electrons. The topological polar surface area (TPSA) is 63.3 Å². The molecule has 0 aromatic carbocycles. The predicted molar refractivity (Wildman–Crippen MR) is 77.1 cm³/mol. The molecule has 2 heterocycles. The summed E-state index contributed by atoms with van der Waals surface area (Å²) in [5.74, 6) is 0.583. The number of carbonyl (C=O) groups excluding carboxylic acids is 1. The minimum atomic E-state index is -0.0162. The smallest absolute Gasteiger partial charge is 0.267 e. The van der Waals surface area contributed by atoms with Gasteiger partial charge < -0.3 is 20.5 Å². The van der Waals surface area contributed by atoms with E-state index in [1.165, 1.54) is 0 Å². The van der Waals surface area contributed by atoms with Gasteiger partial charge in [-0.15, -0.1) is 0 Å². The van der Waals surface area contributed by atoms with Crippen LogP contribution < -0.4 is 11.1 Å². The summed E-state index contributed by atoms with van der Waals surface area (Å²) < 4.78 is 1.89. The minimum absolute atomic E-state index is 0.0162. The van der Waals surface area contributed by atoms with E-state index < -0.39 is 0 Å². The number of aryl methyl sites for hydroxylation is 1. The van der Waals surface area contributed by atoms with Crippen molar-refractivity contribution in [3.63, 3.8) is 0 Å². The summed E-state index contributed by atoms with van der Waals surface area (Å²) in [6.07, 6.45) is 4.13. The molecule has 0 spiro atoms. The van der Waals surface area contributed by atoms with Gasteiger partial charge in [0.05, 0.1) is 5.69 Å². The summed E-state index contributed by atoms with van der Waals surface area (Å²) in [4.78, 5) is 14.5. The SMILES string of the molecule is CCn1cc(N)cc1C(=O)NCC1CCN(C)CC1. The van der Waals surface area contributed by atoms with Crippen molar-refractivity contribution in [2.45, 2.75) is 26.3 Å². The summed E-state index contributed by atoms with van der Waals surface area (Å²) in [7, 11) is 2.14. The summed E-state index contributed by atoms with van der Waals surface area (Å²) >= 11 is 0. The van der Waals surface area contributed by atoms with Crippen LogP contribution in [0, 0.1) is 5.92 Å². The lowest BCUT2D eigenvalue weighted by Gasteiger charge is -2.28. The zero-order chi connectivity index (χ0) is 13.8. The Morgan fingerprint density at radius 2 is 2.16 bits per heavy atom. The highest BCUT2D eigenvalue weighted by atomic mass is 16.1. The fraction of sp³-hybridized carbons (Fsp3) is 0.643. The summed E-state index contributed by atoms with van der Waals surface area (Å²) in [5, 5.41) is 3.04. The number of nitrogens with one attached hydrogen (secondary N) is 1. The van der Waals surface area contributed by atoms with Crippen LogP contribution in [0.2, 0.25) is 0 Å². The van der Waals surface area contributed by atoms with E-state index in [4.69, 9.17) is 5.73 Å². The van der Waals surface area contributed by atoms with E-state index >= 15 is 0 Å². The number of amides is 1. The molecule has 0 aliphatic carbocycles. The van der Waals surface area contributed by atoms with Crippen LogP contribution in [-0.2, 0) is 6.54 Å². The fourth-order valence-electron chi connectivity index (χ4n) is 2.58. The molecule has 1 fully saturated rings. The summed E-state index contributed by atoms with van der Waals surface area (Å²) in [6, 6.07) is 1.74. The Morgan fingerprint density at radius 1 is 1.47 bits per heavy atom. The lowest BCUT2D eigenvalue weighted by molar-refractivity contribution is 0.0930. The van der Waals surface area contributed by atoms with E-state index in [1.54, 1.807) is 6.07 Å². The van der Waals surface area contributed by atoms with Gasteiger partial charge in [0.1, 0.15) is 5.69 Å². The Balaban J connectivity index is 1.87. The van der Waals surface area contributed by atoms with E-state index in [-0.39, 0.29) is 5.91 Å². The van der Waals surface area contributed by atoms with Gasteiger partial charge in [0.15, 0.2) is 0 Å². The zero-order valence-electron chi connectivity index (χ0n) is 11.9. The van der Waals surface area contributed by atoms with Gasteiger partial charge in [-0.1, -0.05) is 0 Å². The van der Waals surface area contributed by atoms with Crippen molar-refractivity contribution in [1.82, 2.24) is 14.8 Å². The molecule has 0 atom stereocenters. The van der Waals surface area contributed by atoms with Gasteiger partial charge in [-0.3, -0.25) is 4.79 Å². The minimum Gasteiger partial charge on any atom is -0.397 e. The number of piperidine rings is 1. The number of rotatable bonds is 4. The molecule has 5 nitrogen and oxygen atoms in total. The third-order valence-electron chi connectivity index (χ3n) is 3.88. The Kier molecular flexibility index (Phi) is 4.47. The van der Waals surface area contributed by atoms with E-state index in [2.05, 4.69) is 17.3 Å². The molecule has 1 aromatic heterocycles. The van der Waals surface area contributed by atoms with E-state index in [1.807, 2.05) is 17.7 Å². The standard InChI is InChI=1S/C14H24N4O/c1-3-18-10-12(15)8-13(18)14(19)16-9-11-4-6-17(2)7-5-11/h8,10-11H,3-7,9,15H2,1-2H3,(H,16,19). The van der Waals surface area contributed by atoms with Crippen LogP contribution in [0.15, 0.2) is 12.3 Å². The molecule has 106 valence electrons. The number of nitrogen functional groups attached to an aromatic ring is 1. The van der Waals surface area contributed by atoms with Gasteiger partial charge in [-0.2, -0.15) is 0 Å². The highest BCUT2D eigenvalue weighted by molar-refractivity contribution is 5.93. The van der Waals surface area contributed by atoms with Gasteiger partial charge in [0.2, 0.25) is 0 Å². The second kappa shape index (κ2) is 6.10. The van der Waals surface area contributed by atoms with Crippen molar-refractivity contribution in [2.75, 3.05) is 32.4 Å². The largest absolute Gasteiger partial charge is 0.397 e. The van der Waals surface area contributed by atoms with Crippen molar-refractivity contribution in [3.8, 4) is 0 Å². The molecular weight excluding hydrogens is 240 g/mol. The van der Waals surface area contributed by atoms with Crippen LogP contribution in [0.3, 0.4) is 0 Å². The molecule has 0 saturated carbocycles. The molecule has 1 saturated heterocycles. The predicted octanol–water partition coefficient (Wildman–Crippen LogP) is 1.16. The summed E-state index contributed by atoms with van der Waals surface area (Å²) in [6.45, 7) is 5.78. The molecule has 2 rings (SSSR count). The van der Waals surface area contributed by atoms with Crippen molar-refractivity contribution in [1.29, 1.82) is 0 Å². The van der Waals surface area contributed by atoms with Gasteiger partial charge in [-0.05, 0) is 51.9 Å². The van der Waals surface area contributed by atoms with E-state index in [9.17, 15) is 4.79 Å². The van der Waals surface area contributed by atoms with Crippen LogP contribution in [0.5, 0.6) is 0 Å². The zero-order valence-corrected chi connectivity index (χ0v) is 11.9. The highest BCUT2D eigenvalue weighted by Gasteiger charge is 2.18. The molecule has 1 aliphatic heterocycles. The van der Waals surface area contributed by atoms with Gasteiger partial charge >= 0.3 is 0 Å². The van der Waals surface area contributed by atoms with Gasteiger partial charge in [0.25, 0.3) is 5.91 Å². The van der Waals surface area contributed by atoms with Crippen LogP contribution >= 0.6 is 0 Å². The quantitative estimate of drug-likeness (QED) is 0.858. The lowest BCUT2D eigenvalue weighted by atomic mass is 9.97. The van der Waals surface area contributed by atoms with Crippen LogP contribution in [-0.4, -0.2) is 42.1 Å². The molecule has 0 unspecified atom stereocenters. The molecule has 19 heavy (non-hydrogen) atoms. The molecule has 3 N–H and O–H groups in total. The number of hydrogen-bond donors (Lipinski definition) is 2. The number of nitrogens with two attached hydrogens (primary N) is 1. The van der Waals surface area contributed by atoms with Crippen LogP contribution in [0.1, 0.15) is 30.3 Å². The maximum absolute atomic E-state index is 12.1. The highest BCUT2D eigenvalue weighted by Crippen LogP contribution is 2.15. The second-order valence-electron chi connectivity index (χ2n) is 5.40. The lowest BCUT2D eigenvalue weighted by Crippen LogP contribution is -2.37. The number of aromatic nitrogens is 1. The first kappa shape index (κ1) is 13.9. The first-order valence-electron chi connectivity index (χ1n) is 7.02. The van der Waals surface area contributed by atoms with E-state index in [0.717, 1.165) is 39.0 Å². The van der Waals surface area contributed by atoms with Crippen LogP contribution in [0.4, 0.5) is 5.69 Å². The molecule has 0 bridgehead atoms. The van der Waals surface area contributed by atoms with Gasteiger partial charge in [-0.25, -0.2) is 0 Å². The van der Waals surface area contributed by atoms with Crippen molar-refractivity contribution in [3.05, 3.63) is 18.0 Å². The molecule has 5 heteroatoms.